The topological polar surface area (TPSA) is 95.5 Å². The number of anilines is 1. The predicted octanol–water partition coefficient (Wildman–Crippen LogP) is 2.28. The van der Waals surface area contributed by atoms with Crippen molar-refractivity contribution in [3.05, 3.63) is 23.8 Å². The maximum Gasteiger partial charge on any atom is 0.337 e. The van der Waals surface area contributed by atoms with Crippen molar-refractivity contribution < 1.29 is 18.3 Å². The highest BCUT2D eigenvalue weighted by Gasteiger charge is 2.20. The summed E-state index contributed by atoms with van der Waals surface area (Å²) in [6, 6.07) is 3.88. The van der Waals surface area contributed by atoms with Crippen molar-refractivity contribution >= 4 is 21.7 Å². The van der Waals surface area contributed by atoms with Gasteiger partial charge in [-0.25, -0.2) is 17.9 Å². The summed E-state index contributed by atoms with van der Waals surface area (Å²) in [5, 5.41) is 12.2. The van der Waals surface area contributed by atoms with E-state index in [0.29, 0.717) is 18.7 Å². The zero-order valence-corrected chi connectivity index (χ0v) is 13.3. The van der Waals surface area contributed by atoms with Crippen molar-refractivity contribution in [1.82, 2.24) is 4.72 Å². The lowest BCUT2D eigenvalue weighted by Crippen LogP contribution is -2.32. The molecule has 0 spiro atoms. The Hall–Kier alpha value is -1.60. The van der Waals surface area contributed by atoms with E-state index >= 15 is 0 Å². The van der Waals surface area contributed by atoms with Crippen LogP contribution in [0.15, 0.2) is 23.1 Å². The summed E-state index contributed by atoms with van der Waals surface area (Å²) < 4.78 is 26.9. The molecule has 0 heterocycles. The van der Waals surface area contributed by atoms with E-state index in [9.17, 15) is 18.3 Å². The molecule has 0 saturated carbocycles. The van der Waals surface area contributed by atoms with Gasteiger partial charge in [0, 0.05) is 18.3 Å². The van der Waals surface area contributed by atoms with Crippen molar-refractivity contribution in [3.8, 4) is 0 Å². The van der Waals surface area contributed by atoms with Crippen LogP contribution in [0, 0.1) is 0 Å². The lowest BCUT2D eigenvalue weighted by atomic mass is 10.2. The smallest absolute Gasteiger partial charge is 0.337 e. The number of benzene rings is 1. The molecule has 118 valence electrons. The minimum absolute atomic E-state index is 0.0396. The van der Waals surface area contributed by atoms with Gasteiger partial charge >= 0.3 is 5.97 Å². The van der Waals surface area contributed by atoms with Crippen LogP contribution in [-0.4, -0.2) is 32.1 Å². The molecule has 0 amide bonds. The number of carboxylic acid groups (broad SMARTS) is 1. The molecule has 7 heteroatoms. The molecular formula is C14H22N2O4S. The van der Waals surface area contributed by atoms with E-state index in [2.05, 4.69) is 10.0 Å². The van der Waals surface area contributed by atoms with E-state index in [1.165, 1.54) is 18.2 Å². The Balaban J connectivity index is 3.16. The molecule has 1 aromatic carbocycles. The van der Waals surface area contributed by atoms with Gasteiger partial charge in [0.05, 0.1) is 10.5 Å². The molecule has 1 rings (SSSR count). The first kappa shape index (κ1) is 17.5. The number of aromatic carboxylic acids is 1. The van der Waals surface area contributed by atoms with Gasteiger partial charge in [0.15, 0.2) is 0 Å². The van der Waals surface area contributed by atoms with Crippen LogP contribution in [-0.2, 0) is 10.0 Å². The minimum atomic E-state index is -3.71. The molecule has 0 radical (unpaired) electrons. The lowest BCUT2D eigenvalue weighted by Gasteiger charge is -2.14. The zero-order valence-electron chi connectivity index (χ0n) is 12.5. The highest BCUT2D eigenvalue weighted by atomic mass is 32.2. The first-order valence-corrected chi connectivity index (χ1v) is 8.43. The SMILES string of the molecule is CCCNc1ccc(S(=O)(=O)N[C@@H](C)CC)cc1C(=O)O. The van der Waals surface area contributed by atoms with E-state index in [1.807, 2.05) is 13.8 Å². The number of carbonyl (C=O) groups is 1. The monoisotopic (exact) mass is 314 g/mol. The standard InChI is InChI=1S/C14H22N2O4S/c1-4-8-15-13-7-6-11(9-12(13)14(17)18)21(19,20)16-10(3)5-2/h6-7,9-10,15-16H,4-5,8H2,1-3H3,(H,17,18)/t10-/m0/s1. The Morgan fingerprint density at radius 2 is 2.00 bits per heavy atom. The molecule has 0 aliphatic carbocycles. The van der Waals surface area contributed by atoms with Gasteiger partial charge < -0.3 is 10.4 Å². The second-order valence-corrected chi connectivity index (χ2v) is 6.58. The first-order chi connectivity index (χ1) is 9.81. The van der Waals surface area contributed by atoms with Gasteiger partial charge in [-0.15, -0.1) is 0 Å². The van der Waals surface area contributed by atoms with Gasteiger partial charge in [0.1, 0.15) is 0 Å². The molecular weight excluding hydrogens is 292 g/mol. The molecule has 1 atom stereocenters. The second kappa shape index (κ2) is 7.42. The van der Waals surface area contributed by atoms with Crippen molar-refractivity contribution in [2.75, 3.05) is 11.9 Å². The van der Waals surface area contributed by atoms with Crippen LogP contribution in [0.25, 0.3) is 0 Å². The highest BCUT2D eigenvalue weighted by Crippen LogP contribution is 2.21. The van der Waals surface area contributed by atoms with E-state index in [-0.39, 0.29) is 16.5 Å². The van der Waals surface area contributed by atoms with Crippen LogP contribution < -0.4 is 10.0 Å². The second-order valence-electron chi connectivity index (χ2n) is 4.87. The fourth-order valence-corrected chi connectivity index (χ4v) is 3.05. The van der Waals surface area contributed by atoms with E-state index in [1.54, 1.807) is 6.92 Å². The van der Waals surface area contributed by atoms with Gasteiger partial charge in [0.2, 0.25) is 10.0 Å². The summed E-state index contributed by atoms with van der Waals surface area (Å²) in [5.74, 6) is -1.16. The summed E-state index contributed by atoms with van der Waals surface area (Å²) in [7, 11) is -3.71. The highest BCUT2D eigenvalue weighted by molar-refractivity contribution is 7.89. The molecule has 6 nitrogen and oxygen atoms in total. The van der Waals surface area contributed by atoms with Crippen LogP contribution >= 0.6 is 0 Å². The van der Waals surface area contributed by atoms with Crippen LogP contribution in [0.2, 0.25) is 0 Å². The third-order valence-corrected chi connectivity index (χ3v) is 4.65. The number of carboxylic acids is 1. The Morgan fingerprint density at radius 3 is 2.52 bits per heavy atom. The van der Waals surface area contributed by atoms with Crippen LogP contribution in [0.3, 0.4) is 0 Å². The number of rotatable bonds is 8. The summed E-state index contributed by atoms with van der Waals surface area (Å²) in [4.78, 5) is 11.2. The van der Waals surface area contributed by atoms with Gasteiger partial charge in [-0.1, -0.05) is 13.8 Å². The molecule has 0 aromatic heterocycles. The average molecular weight is 314 g/mol. The number of hydrogen-bond donors (Lipinski definition) is 3. The molecule has 0 aliphatic heterocycles. The molecule has 0 aliphatic rings. The Morgan fingerprint density at radius 1 is 1.33 bits per heavy atom. The fraction of sp³-hybridized carbons (Fsp3) is 0.500. The molecule has 0 bridgehead atoms. The molecule has 0 unspecified atom stereocenters. The Labute approximate surface area is 125 Å². The van der Waals surface area contributed by atoms with E-state index in [4.69, 9.17) is 0 Å². The van der Waals surface area contributed by atoms with Crippen molar-refractivity contribution in [2.45, 2.75) is 44.6 Å². The molecule has 0 saturated heterocycles. The Kier molecular flexibility index (Phi) is 6.17. The Bertz CT molecular complexity index is 599. The third-order valence-electron chi connectivity index (χ3n) is 3.07. The molecule has 21 heavy (non-hydrogen) atoms. The van der Waals surface area contributed by atoms with Crippen molar-refractivity contribution in [3.63, 3.8) is 0 Å². The maximum absolute atomic E-state index is 12.2. The summed E-state index contributed by atoms with van der Waals surface area (Å²) in [5.41, 5.74) is 0.377. The molecule has 1 aromatic rings. The maximum atomic E-state index is 12.2. The van der Waals surface area contributed by atoms with Crippen LogP contribution in [0.1, 0.15) is 44.0 Å². The number of sulfonamides is 1. The largest absolute Gasteiger partial charge is 0.478 e. The number of nitrogens with one attached hydrogen (secondary N) is 2. The summed E-state index contributed by atoms with van der Waals surface area (Å²) >= 11 is 0. The van der Waals surface area contributed by atoms with Crippen molar-refractivity contribution in [2.24, 2.45) is 0 Å². The van der Waals surface area contributed by atoms with Gasteiger partial charge in [-0.2, -0.15) is 0 Å². The minimum Gasteiger partial charge on any atom is -0.478 e. The zero-order chi connectivity index (χ0) is 16.0. The summed E-state index contributed by atoms with van der Waals surface area (Å²) in [6.45, 7) is 6.21. The van der Waals surface area contributed by atoms with Gasteiger partial charge in [0.25, 0.3) is 0 Å². The molecule has 3 N–H and O–H groups in total. The predicted molar refractivity (Wildman–Crippen MR) is 82.3 cm³/mol. The van der Waals surface area contributed by atoms with Crippen molar-refractivity contribution in [1.29, 1.82) is 0 Å². The number of hydrogen-bond acceptors (Lipinski definition) is 4. The summed E-state index contributed by atoms with van der Waals surface area (Å²) in [6.07, 6.45) is 1.50. The van der Waals surface area contributed by atoms with Crippen LogP contribution in [0.4, 0.5) is 5.69 Å². The molecule has 0 fully saturated rings. The first-order valence-electron chi connectivity index (χ1n) is 6.95. The van der Waals surface area contributed by atoms with Gasteiger partial charge in [-0.3, -0.25) is 0 Å². The van der Waals surface area contributed by atoms with Gasteiger partial charge in [-0.05, 0) is 38.0 Å². The normalized spacial score (nSPS) is 12.9. The third kappa shape index (κ3) is 4.71. The van der Waals surface area contributed by atoms with Crippen LogP contribution in [0.5, 0.6) is 0 Å². The lowest BCUT2D eigenvalue weighted by molar-refractivity contribution is 0.0697. The average Bonchev–Trinajstić information content (AvgIpc) is 2.44. The fourth-order valence-electron chi connectivity index (χ4n) is 1.70. The quantitative estimate of drug-likeness (QED) is 0.684. The van der Waals surface area contributed by atoms with E-state index in [0.717, 1.165) is 6.42 Å². The van der Waals surface area contributed by atoms with E-state index < -0.39 is 16.0 Å².